The first kappa shape index (κ1) is 28.3. The lowest BCUT2D eigenvalue weighted by molar-refractivity contribution is 0.108. The lowest BCUT2D eigenvalue weighted by Crippen LogP contribution is -2.46. The lowest BCUT2D eigenvalue weighted by atomic mass is 9.93. The van der Waals surface area contributed by atoms with Crippen LogP contribution in [-0.4, -0.2) is 91.9 Å². The van der Waals surface area contributed by atoms with Crippen molar-refractivity contribution in [1.29, 1.82) is 0 Å². The van der Waals surface area contributed by atoms with Gasteiger partial charge in [0.1, 0.15) is 17.6 Å². The highest BCUT2D eigenvalue weighted by Crippen LogP contribution is 2.36. The van der Waals surface area contributed by atoms with Crippen molar-refractivity contribution in [3.05, 3.63) is 64.6 Å². The van der Waals surface area contributed by atoms with Gasteiger partial charge in [-0.05, 0) is 31.2 Å². The number of β-amino-alcohol motifs (C(OH)–C–C–N with tert-alkyl or cyclic N) is 1. The smallest absolute Gasteiger partial charge is 0.266 e. The molecule has 11 heteroatoms. The summed E-state index contributed by atoms with van der Waals surface area (Å²) in [6, 6.07) is 14.3. The number of benzene rings is 1. The SMILES string of the molecule is CNc1cc2c(cn1)c(-c1ccc(CN3CCN(CCO)CC3)cc1)nn2[C@H]1CC[C@@H](Oc2ccc(=O)n(C)n2)CC1. The van der Waals surface area contributed by atoms with Gasteiger partial charge in [-0.15, -0.1) is 5.10 Å². The van der Waals surface area contributed by atoms with E-state index in [9.17, 15) is 9.90 Å². The molecule has 0 unspecified atom stereocenters. The Balaban J connectivity index is 1.17. The van der Waals surface area contributed by atoms with Crippen molar-refractivity contribution in [3.63, 3.8) is 0 Å². The zero-order valence-electron chi connectivity index (χ0n) is 24.4. The summed E-state index contributed by atoms with van der Waals surface area (Å²) in [6.45, 7) is 5.95. The fourth-order valence-corrected chi connectivity index (χ4v) is 6.12. The Bertz CT molecular complexity index is 1550. The Morgan fingerprint density at radius 2 is 1.71 bits per heavy atom. The van der Waals surface area contributed by atoms with E-state index in [0.29, 0.717) is 5.88 Å². The molecule has 0 bridgehead atoms. The number of aliphatic hydroxyl groups is 1. The minimum atomic E-state index is -0.147. The molecule has 1 aliphatic carbocycles. The molecule has 2 N–H and O–H groups in total. The molecule has 0 spiro atoms. The summed E-state index contributed by atoms with van der Waals surface area (Å²) >= 11 is 0. The van der Waals surface area contributed by atoms with Gasteiger partial charge in [0.25, 0.3) is 5.56 Å². The third-order valence-corrected chi connectivity index (χ3v) is 8.58. The number of pyridine rings is 1. The number of aromatic nitrogens is 5. The van der Waals surface area contributed by atoms with Crippen LogP contribution in [0.3, 0.4) is 0 Å². The summed E-state index contributed by atoms with van der Waals surface area (Å²) in [7, 11) is 3.52. The highest BCUT2D eigenvalue weighted by atomic mass is 16.5. The number of aliphatic hydroxyl groups excluding tert-OH is 1. The third-order valence-electron chi connectivity index (χ3n) is 8.58. The first-order chi connectivity index (χ1) is 20.5. The molecule has 1 aliphatic heterocycles. The number of anilines is 1. The number of piperazine rings is 1. The maximum Gasteiger partial charge on any atom is 0.266 e. The summed E-state index contributed by atoms with van der Waals surface area (Å²) in [5.74, 6) is 1.31. The van der Waals surface area contributed by atoms with Crippen LogP contribution in [-0.2, 0) is 13.6 Å². The van der Waals surface area contributed by atoms with Gasteiger partial charge in [-0.25, -0.2) is 9.67 Å². The van der Waals surface area contributed by atoms with Crippen molar-refractivity contribution in [2.75, 3.05) is 51.7 Å². The molecule has 0 atom stereocenters. The third kappa shape index (κ3) is 6.18. The summed E-state index contributed by atoms with van der Waals surface area (Å²) in [6.07, 6.45) is 5.65. The van der Waals surface area contributed by atoms with Crippen LogP contribution in [0.5, 0.6) is 5.88 Å². The number of rotatable bonds is 9. The highest BCUT2D eigenvalue weighted by molar-refractivity contribution is 5.94. The predicted molar refractivity (Wildman–Crippen MR) is 163 cm³/mol. The molecule has 11 nitrogen and oxygen atoms in total. The van der Waals surface area contributed by atoms with Crippen molar-refractivity contribution >= 4 is 16.7 Å². The molecule has 42 heavy (non-hydrogen) atoms. The molecular weight excluding hydrogens is 532 g/mol. The van der Waals surface area contributed by atoms with E-state index in [0.717, 1.165) is 92.9 Å². The molecule has 6 rings (SSSR count). The fourth-order valence-electron chi connectivity index (χ4n) is 6.12. The second kappa shape index (κ2) is 12.6. The van der Waals surface area contributed by atoms with Gasteiger partial charge in [0, 0.05) is 88.7 Å². The summed E-state index contributed by atoms with van der Waals surface area (Å²) in [4.78, 5) is 21.1. The molecule has 222 valence electrons. The molecule has 2 aliphatic rings. The van der Waals surface area contributed by atoms with Gasteiger partial charge in [-0.2, -0.15) is 5.10 Å². The van der Waals surface area contributed by atoms with Crippen LogP contribution in [0, 0.1) is 0 Å². The van der Waals surface area contributed by atoms with Crippen LogP contribution >= 0.6 is 0 Å². The fraction of sp³-hybridized carbons (Fsp3) is 0.484. The zero-order valence-corrected chi connectivity index (χ0v) is 24.4. The topological polar surface area (TPSA) is 114 Å². The van der Waals surface area contributed by atoms with Crippen molar-refractivity contribution in [2.45, 2.75) is 44.4 Å². The van der Waals surface area contributed by atoms with Crippen LogP contribution in [0.4, 0.5) is 5.82 Å². The Kier molecular flexibility index (Phi) is 8.50. The molecule has 1 saturated carbocycles. The van der Waals surface area contributed by atoms with Gasteiger partial charge in [0.2, 0.25) is 5.88 Å². The Morgan fingerprint density at radius 3 is 2.40 bits per heavy atom. The normalized spacial score (nSPS) is 20.2. The minimum absolute atomic E-state index is 0.0623. The number of nitrogens with zero attached hydrogens (tertiary/aromatic N) is 7. The van der Waals surface area contributed by atoms with Gasteiger partial charge < -0.3 is 15.2 Å². The molecular formula is C31H40N8O3. The van der Waals surface area contributed by atoms with Crippen molar-refractivity contribution in [1.82, 2.24) is 34.3 Å². The average Bonchev–Trinajstić information content (AvgIpc) is 3.40. The second-order valence-electron chi connectivity index (χ2n) is 11.3. The first-order valence-electron chi connectivity index (χ1n) is 14.9. The average molecular weight is 573 g/mol. The van der Waals surface area contributed by atoms with Gasteiger partial charge in [-0.1, -0.05) is 24.3 Å². The van der Waals surface area contributed by atoms with Crippen LogP contribution in [0.15, 0.2) is 53.5 Å². The summed E-state index contributed by atoms with van der Waals surface area (Å²) in [5.41, 5.74) is 4.27. The molecule has 0 radical (unpaired) electrons. The number of nitrogens with one attached hydrogen (secondary N) is 1. The predicted octanol–water partition coefficient (Wildman–Crippen LogP) is 2.91. The molecule has 3 aromatic heterocycles. The van der Waals surface area contributed by atoms with Crippen LogP contribution in [0.2, 0.25) is 0 Å². The Labute approximate surface area is 245 Å². The van der Waals surface area contributed by atoms with Crippen LogP contribution in [0.25, 0.3) is 22.2 Å². The van der Waals surface area contributed by atoms with E-state index in [4.69, 9.17) is 9.84 Å². The Hall–Kier alpha value is -3.80. The van der Waals surface area contributed by atoms with Crippen LogP contribution < -0.4 is 15.6 Å². The maximum absolute atomic E-state index is 11.7. The number of aryl methyl sites for hydroxylation is 1. The van der Waals surface area contributed by atoms with Gasteiger partial charge in [0.05, 0.1) is 18.2 Å². The second-order valence-corrected chi connectivity index (χ2v) is 11.3. The zero-order chi connectivity index (χ0) is 29.1. The van der Waals surface area contributed by atoms with E-state index in [1.807, 2.05) is 13.2 Å². The molecule has 0 amide bonds. The lowest BCUT2D eigenvalue weighted by Gasteiger charge is -2.34. The van der Waals surface area contributed by atoms with Crippen molar-refractivity contribution in [3.8, 4) is 17.1 Å². The number of ether oxygens (including phenoxy) is 1. The molecule has 2 fully saturated rings. The molecule has 4 heterocycles. The van der Waals surface area contributed by atoms with E-state index < -0.39 is 0 Å². The van der Waals surface area contributed by atoms with Gasteiger partial charge in [0.15, 0.2) is 0 Å². The van der Waals surface area contributed by atoms with E-state index in [2.05, 4.69) is 60.2 Å². The quantitative estimate of drug-likeness (QED) is 0.313. The highest BCUT2D eigenvalue weighted by Gasteiger charge is 2.27. The summed E-state index contributed by atoms with van der Waals surface area (Å²) < 4.78 is 9.61. The van der Waals surface area contributed by atoms with E-state index in [1.54, 1.807) is 13.1 Å². The monoisotopic (exact) mass is 572 g/mol. The molecule has 1 aromatic carbocycles. The first-order valence-corrected chi connectivity index (χ1v) is 14.9. The minimum Gasteiger partial charge on any atom is -0.473 e. The molecule has 4 aromatic rings. The standard InChI is InChI=1S/C31H40N8O3/c1-32-28-19-27-26(20-33-28)31(23-5-3-22(4-6-23)21-38-15-13-37(14-16-38)17-18-40)35-39(27)24-7-9-25(10-8-24)42-29-11-12-30(41)36(2)34-29/h3-6,11-12,19-20,24-25,40H,7-10,13-18,21H2,1-2H3,(H,32,33)/t24-,25+. The summed E-state index contributed by atoms with van der Waals surface area (Å²) in [5, 5.41) is 22.8. The largest absolute Gasteiger partial charge is 0.473 e. The van der Waals surface area contributed by atoms with Crippen LogP contribution in [0.1, 0.15) is 37.3 Å². The number of hydrogen-bond donors (Lipinski definition) is 2. The Morgan fingerprint density at radius 1 is 0.976 bits per heavy atom. The van der Waals surface area contributed by atoms with Crippen molar-refractivity contribution < 1.29 is 9.84 Å². The number of fused-ring (bicyclic) bond motifs is 1. The molecule has 1 saturated heterocycles. The number of hydrogen-bond acceptors (Lipinski definition) is 9. The van der Waals surface area contributed by atoms with E-state index in [-0.39, 0.29) is 24.3 Å². The van der Waals surface area contributed by atoms with Crippen molar-refractivity contribution in [2.24, 2.45) is 7.05 Å². The van der Waals surface area contributed by atoms with E-state index >= 15 is 0 Å². The maximum atomic E-state index is 11.7. The van der Waals surface area contributed by atoms with E-state index in [1.165, 1.54) is 16.3 Å². The van der Waals surface area contributed by atoms with Gasteiger partial charge in [-0.3, -0.25) is 19.3 Å². The van der Waals surface area contributed by atoms with Gasteiger partial charge >= 0.3 is 0 Å².